The zero-order chi connectivity index (χ0) is 15.0. The Morgan fingerprint density at radius 3 is 2.48 bits per heavy atom. The van der Waals surface area contributed by atoms with Gasteiger partial charge in [0.2, 0.25) is 5.91 Å². The van der Waals surface area contributed by atoms with Gasteiger partial charge in [0.15, 0.2) is 0 Å². The van der Waals surface area contributed by atoms with Crippen molar-refractivity contribution < 1.29 is 9.59 Å². The maximum atomic E-state index is 13.0. The van der Waals surface area contributed by atoms with Crippen molar-refractivity contribution in [3.8, 4) is 0 Å². The highest BCUT2D eigenvalue weighted by molar-refractivity contribution is 6.09. The summed E-state index contributed by atoms with van der Waals surface area (Å²) >= 11 is 0. The highest BCUT2D eigenvalue weighted by Gasteiger charge is 2.48. The average Bonchev–Trinajstić information content (AvgIpc) is 2.92. The van der Waals surface area contributed by atoms with E-state index in [1.807, 2.05) is 24.3 Å². The van der Waals surface area contributed by atoms with Crippen molar-refractivity contribution in [3.63, 3.8) is 0 Å². The minimum atomic E-state index is -0.653. The first kappa shape index (κ1) is 14.1. The van der Waals surface area contributed by atoms with Crippen LogP contribution in [0.1, 0.15) is 51.0 Å². The first-order valence-corrected chi connectivity index (χ1v) is 7.75. The molecule has 0 bridgehead atoms. The Labute approximate surface area is 125 Å². The van der Waals surface area contributed by atoms with Crippen LogP contribution in [0.15, 0.2) is 24.3 Å². The van der Waals surface area contributed by atoms with Crippen molar-refractivity contribution >= 4 is 17.5 Å². The summed E-state index contributed by atoms with van der Waals surface area (Å²) in [6, 6.07) is 7.91. The van der Waals surface area contributed by atoms with Crippen LogP contribution in [0.4, 0.5) is 5.69 Å². The van der Waals surface area contributed by atoms with E-state index in [4.69, 9.17) is 0 Å². The Hall–Kier alpha value is -1.84. The third-order valence-corrected chi connectivity index (χ3v) is 4.64. The first-order chi connectivity index (χ1) is 10.0. The molecule has 3 rings (SSSR count). The Kier molecular flexibility index (Phi) is 3.47. The van der Waals surface area contributed by atoms with E-state index in [1.54, 1.807) is 4.90 Å². The number of para-hydroxylation sites is 1. The van der Waals surface area contributed by atoms with E-state index < -0.39 is 5.54 Å². The number of nitrogens with zero attached hydrogens (tertiary/aromatic N) is 1. The number of hydrogen-bond donors (Lipinski definition) is 1. The number of benzene rings is 1. The number of hydrogen-bond acceptors (Lipinski definition) is 2. The Morgan fingerprint density at radius 1 is 1.14 bits per heavy atom. The molecule has 1 aromatic carbocycles. The largest absolute Gasteiger partial charge is 0.340 e. The quantitative estimate of drug-likeness (QED) is 0.908. The summed E-state index contributed by atoms with van der Waals surface area (Å²) in [5.41, 5.74) is 1.35. The molecule has 1 saturated heterocycles. The number of amides is 2. The molecule has 2 fully saturated rings. The first-order valence-electron chi connectivity index (χ1n) is 7.75. The summed E-state index contributed by atoms with van der Waals surface area (Å²) in [5.74, 6) is 0.335. The average molecular weight is 286 g/mol. The van der Waals surface area contributed by atoms with Crippen molar-refractivity contribution in [1.82, 2.24) is 5.32 Å². The molecule has 21 heavy (non-hydrogen) atoms. The van der Waals surface area contributed by atoms with Crippen molar-refractivity contribution in [2.75, 3.05) is 11.4 Å². The molecule has 0 unspecified atom stereocenters. The van der Waals surface area contributed by atoms with Crippen molar-refractivity contribution in [3.05, 3.63) is 29.8 Å². The number of piperazine rings is 1. The van der Waals surface area contributed by atoms with Crippen LogP contribution in [0.3, 0.4) is 0 Å². The van der Waals surface area contributed by atoms with Gasteiger partial charge in [-0.1, -0.05) is 44.9 Å². The molecule has 0 aromatic heterocycles. The third-order valence-electron chi connectivity index (χ3n) is 4.64. The van der Waals surface area contributed by atoms with Crippen LogP contribution < -0.4 is 10.2 Å². The van der Waals surface area contributed by atoms with Gasteiger partial charge in [0.1, 0.15) is 12.1 Å². The van der Waals surface area contributed by atoms with Crippen molar-refractivity contribution in [2.45, 2.75) is 51.0 Å². The normalized spacial score (nSPS) is 21.2. The molecule has 1 spiro atoms. The third kappa shape index (κ3) is 2.33. The predicted molar refractivity (Wildman–Crippen MR) is 82.2 cm³/mol. The molecule has 1 heterocycles. The highest BCUT2D eigenvalue weighted by Crippen LogP contribution is 2.36. The molecule has 4 nitrogen and oxygen atoms in total. The summed E-state index contributed by atoms with van der Waals surface area (Å²) < 4.78 is 0. The Balaban J connectivity index is 2.01. The topological polar surface area (TPSA) is 49.4 Å². The lowest BCUT2D eigenvalue weighted by atomic mass is 9.91. The summed E-state index contributed by atoms with van der Waals surface area (Å²) in [6.45, 7) is 4.35. The predicted octanol–water partition coefficient (Wildman–Crippen LogP) is 2.59. The molecule has 0 atom stereocenters. The van der Waals surface area contributed by atoms with Gasteiger partial charge < -0.3 is 10.2 Å². The lowest BCUT2D eigenvalue weighted by molar-refractivity contribution is -0.135. The molecule has 1 saturated carbocycles. The lowest BCUT2D eigenvalue weighted by Crippen LogP contribution is -2.65. The van der Waals surface area contributed by atoms with Gasteiger partial charge in [0.25, 0.3) is 5.91 Å². The molecule has 1 aliphatic heterocycles. The van der Waals surface area contributed by atoms with Gasteiger partial charge in [0.05, 0.1) is 0 Å². The number of nitrogens with one attached hydrogen (secondary N) is 1. The smallest absolute Gasteiger partial charge is 0.253 e. The zero-order valence-corrected chi connectivity index (χ0v) is 12.7. The minimum Gasteiger partial charge on any atom is -0.340 e. The molecule has 2 amide bonds. The fourth-order valence-electron chi connectivity index (χ4n) is 3.57. The molecular formula is C17H22N2O2. The number of carbonyl (C=O) groups is 2. The van der Waals surface area contributed by atoms with Gasteiger partial charge >= 0.3 is 0 Å². The lowest BCUT2D eigenvalue weighted by Gasteiger charge is -2.40. The maximum Gasteiger partial charge on any atom is 0.253 e. The maximum absolute atomic E-state index is 13.0. The molecule has 4 heteroatoms. The number of anilines is 1. The van der Waals surface area contributed by atoms with E-state index in [0.29, 0.717) is 5.92 Å². The van der Waals surface area contributed by atoms with Crippen molar-refractivity contribution in [2.24, 2.45) is 0 Å². The van der Waals surface area contributed by atoms with Gasteiger partial charge in [-0.3, -0.25) is 9.59 Å². The van der Waals surface area contributed by atoms with Crippen LogP contribution in [-0.2, 0) is 9.59 Å². The fraction of sp³-hybridized carbons (Fsp3) is 0.529. The van der Waals surface area contributed by atoms with E-state index in [2.05, 4.69) is 19.2 Å². The van der Waals surface area contributed by atoms with Crippen molar-refractivity contribution in [1.29, 1.82) is 0 Å². The van der Waals surface area contributed by atoms with Gasteiger partial charge in [-0.2, -0.15) is 0 Å². The monoisotopic (exact) mass is 286 g/mol. The van der Waals surface area contributed by atoms with E-state index in [1.165, 1.54) is 0 Å². The molecular weight excluding hydrogens is 264 g/mol. The van der Waals surface area contributed by atoms with Gasteiger partial charge in [0, 0.05) is 5.69 Å². The molecule has 112 valence electrons. The molecule has 1 aliphatic carbocycles. The standard InChI is InChI=1S/C17H22N2O2/c1-12(2)13-7-3-4-8-14(13)19-11-15(20)18-17(16(19)21)9-5-6-10-17/h3-4,7-8,12H,5-6,9-11H2,1-2H3,(H,18,20). The van der Waals surface area contributed by atoms with Crippen LogP contribution in [0, 0.1) is 0 Å². The summed E-state index contributed by atoms with van der Waals surface area (Å²) in [7, 11) is 0. The van der Waals surface area contributed by atoms with Crippen LogP contribution in [0.2, 0.25) is 0 Å². The fourth-order valence-corrected chi connectivity index (χ4v) is 3.57. The van der Waals surface area contributed by atoms with E-state index >= 15 is 0 Å². The number of carbonyl (C=O) groups excluding carboxylic acids is 2. The molecule has 1 aromatic rings. The van der Waals surface area contributed by atoms with E-state index in [-0.39, 0.29) is 18.4 Å². The second-order valence-corrected chi connectivity index (χ2v) is 6.44. The highest BCUT2D eigenvalue weighted by atomic mass is 16.2. The SMILES string of the molecule is CC(C)c1ccccc1N1CC(=O)NC2(CCCC2)C1=O. The number of rotatable bonds is 2. The second-order valence-electron chi connectivity index (χ2n) is 6.44. The summed E-state index contributed by atoms with van der Waals surface area (Å²) in [4.78, 5) is 26.8. The zero-order valence-electron chi connectivity index (χ0n) is 12.7. The molecule has 1 N–H and O–H groups in total. The molecule has 2 aliphatic rings. The minimum absolute atomic E-state index is 0.0462. The van der Waals surface area contributed by atoms with Gasteiger partial charge in [-0.15, -0.1) is 0 Å². The van der Waals surface area contributed by atoms with E-state index in [0.717, 1.165) is 36.9 Å². The van der Waals surface area contributed by atoms with Crippen LogP contribution in [-0.4, -0.2) is 23.9 Å². The van der Waals surface area contributed by atoms with Gasteiger partial charge in [-0.05, 0) is 30.4 Å². The summed E-state index contributed by atoms with van der Waals surface area (Å²) in [5, 5.41) is 2.96. The van der Waals surface area contributed by atoms with Crippen LogP contribution in [0.25, 0.3) is 0 Å². The van der Waals surface area contributed by atoms with Gasteiger partial charge in [-0.25, -0.2) is 0 Å². The molecule has 0 radical (unpaired) electrons. The Morgan fingerprint density at radius 2 is 1.81 bits per heavy atom. The summed E-state index contributed by atoms with van der Waals surface area (Å²) in [6.07, 6.45) is 3.53. The van der Waals surface area contributed by atoms with Crippen LogP contribution >= 0.6 is 0 Å². The Bertz CT molecular complexity index is 574. The second kappa shape index (κ2) is 5.17. The van der Waals surface area contributed by atoms with E-state index in [9.17, 15) is 9.59 Å². The van der Waals surface area contributed by atoms with Crippen LogP contribution in [0.5, 0.6) is 0 Å².